The first-order chi connectivity index (χ1) is 14.6. The van der Waals surface area contributed by atoms with E-state index in [9.17, 15) is 26.8 Å². The second-order valence-electron chi connectivity index (χ2n) is 6.30. The lowest BCUT2D eigenvalue weighted by Gasteiger charge is -2.20. The third-order valence-corrected chi connectivity index (χ3v) is 5.60. The van der Waals surface area contributed by atoms with Crippen LogP contribution in [0.4, 0.5) is 8.78 Å². The highest BCUT2D eigenvalue weighted by Gasteiger charge is 2.30. The number of amides is 2. The van der Waals surface area contributed by atoms with Crippen molar-refractivity contribution in [1.29, 1.82) is 5.26 Å². The molecule has 164 valence electrons. The smallest absolute Gasteiger partial charge is 0.387 e. The molecule has 0 unspecified atom stereocenters. The second kappa shape index (κ2) is 10.4. The summed E-state index contributed by atoms with van der Waals surface area (Å²) >= 11 is 0. The number of nitrogens with one attached hydrogen (secondary N) is 1. The van der Waals surface area contributed by atoms with E-state index >= 15 is 0 Å². The number of nitrogens with zero attached hydrogens (tertiary/aromatic N) is 3. The maximum Gasteiger partial charge on any atom is 0.387 e. The van der Waals surface area contributed by atoms with Gasteiger partial charge in [-0.1, -0.05) is 18.2 Å². The third-order valence-electron chi connectivity index (χ3n) is 4.01. The molecule has 0 aliphatic rings. The number of para-hydroxylation sites is 1. The van der Waals surface area contributed by atoms with E-state index in [1.807, 2.05) is 0 Å². The van der Waals surface area contributed by atoms with Crippen LogP contribution in [0.5, 0.6) is 5.75 Å². The van der Waals surface area contributed by atoms with Gasteiger partial charge in [0.2, 0.25) is 0 Å². The van der Waals surface area contributed by atoms with Gasteiger partial charge in [-0.25, -0.2) is 8.42 Å². The number of pyridine rings is 1. The molecule has 0 aliphatic heterocycles. The summed E-state index contributed by atoms with van der Waals surface area (Å²) in [5, 5.41) is 11.3. The minimum Gasteiger partial charge on any atom is -0.435 e. The highest BCUT2D eigenvalue weighted by Crippen LogP contribution is 2.23. The van der Waals surface area contributed by atoms with Crippen LogP contribution in [0.25, 0.3) is 0 Å². The molecule has 0 spiro atoms. The molecule has 0 radical (unpaired) electrons. The van der Waals surface area contributed by atoms with Crippen molar-refractivity contribution < 1.29 is 31.5 Å². The molecule has 2 amide bonds. The van der Waals surface area contributed by atoms with Crippen molar-refractivity contribution in [2.24, 2.45) is 0 Å². The largest absolute Gasteiger partial charge is 0.435 e. The Bertz CT molecular complexity index is 1070. The molecule has 2 aromatic rings. The number of halogens is 2. The van der Waals surface area contributed by atoms with Crippen molar-refractivity contribution in [2.75, 3.05) is 12.8 Å². The Hall–Kier alpha value is -3.59. The number of sulfone groups is 1. The predicted molar refractivity (Wildman–Crippen MR) is 104 cm³/mol. The summed E-state index contributed by atoms with van der Waals surface area (Å²) in [6.45, 7) is -3.15. The molecule has 0 fully saturated rings. The van der Waals surface area contributed by atoms with Crippen LogP contribution in [0, 0.1) is 11.5 Å². The zero-order valence-corrected chi connectivity index (χ0v) is 17.1. The van der Waals surface area contributed by atoms with E-state index in [-0.39, 0.29) is 16.9 Å². The first-order valence-electron chi connectivity index (χ1n) is 8.74. The molecule has 9 nitrogen and oxygen atoms in total. The zero-order valence-electron chi connectivity index (χ0n) is 16.2. The van der Waals surface area contributed by atoms with Gasteiger partial charge >= 0.3 is 6.61 Å². The zero-order chi connectivity index (χ0) is 23.0. The molecule has 0 bridgehead atoms. The Kier molecular flexibility index (Phi) is 7.98. The quantitative estimate of drug-likeness (QED) is 0.449. The number of hydrogen-bond donors (Lipinski definition) is 1. The maximum atomic E-state index is 12.7. The van der Waals surface area contributed by atoms with Crippen LogP contribution in [0.2, 0.25) is 0 Å². The average Bonchev–Trinajstić information content (AvgIpc) is 2.73. The summed E-state index contributed by atoms with van der Waals surface area (Å²) in [4.78, 5) is 29.2. The summed E-state index contributed by atoms with van der Waals surface area (Å²) in [5.74, 6) is -3.60. The van der Waals surface area contributed by atoms with E-state index in [4.69, 9.17) is 5.26 Å². The van der Waals surface area contributed by atoms with Gasteiger partial charge in [0.25, 0.3) is 11.8 Å². The number of aromatic nitrogens is 1. The van der Waals surface area contributed by atoms with Crippen LogP contribution in [-0.2, 0) is 20.4 Å². The molecule has 31 heavy (non-hydrogen) atoms. The lowest BCUT2D eigenvalue weighted by atomic mass is 10.2. The van der Waals surface area contributed by atoms with Crippen molar-refractivity contribution in [3.63, 3.8) is 0 Å². The number of likely N-dealkylation sites (N-methyl/N-ethyl adjacent to an activating group) is 1. The number of alkyl halides is 2. The van der Waals surface area contributed by atoms with Gasteiger partial charge in [-0.3, -0.25) is 19.5 Å². The number of carbonyl (C=O) groups excluding carboxylic acids is 2. The fraction of sp³-hybridized carbons (Fsp3) is 0.263. The number of nitriles is 1. The molecule has 0 aliphatic carbocycles. The van der Waals surface area contributed by atoms with Gasteiger partial charge in [0.05, 0.1) is 11.5 Å². The fourth-order valence-electron chi connectivity index (χ4n) is 2.59. The molecular weight excluding hydrogens is 434 g/mol. The molecule has 2 rings (SSSR count). The van der Waals surface area contributed by atoms with E-state index in [0.29, 0.717) is 4.90 Å². The summed E-state index contributed by atoms with van der Waals surface area (Å²) in [6, 6.07) is 6.46. The van der Waals surface area contributed by atoms with E-state index in [1.54, 1.807) is 6.19 Å². The first-order valence-corrected chi connectivity index (χ1v) is 10.6. The average molecular weight is 452 g/mol. The Balaban J connectivity index is 2.26. The number of benzene rings is 1. The van der Waals surface area contributed by atoms with Crippen LogP contribution < -0.4 is 10.1 Å². The van der Waals surface area contributed by atoms with Gasteiger partial charge in [-0.15, -0.1) is 0 Å². The topological polar surface area (TPSA) is 129 Å². The number of hydrogen-bond acceptors (Lipinski definition) is 7. The van der Waals surface area contributed by atoms with Gasteiger partial charge in [-0.05, 0) is 18.2 Å². The minimum absolute atomic E-state index is 0.0388. The SMILES string of the molecule is CN(C#N)C(=O)[C@H](CS(=O)(=O)Cc1ccccc1OC(F)F)NC(=O)c1ccncc1. The number of rotatable bonds is 9. The standard InChI is InChI=1S/C19H18F2N4O5S/c1-25(12-22)18(27)15(24-17(26)13-6-8-23-9-7-13)11-31(28,29)10-14-4-2-3-5-16(14)30-19(20)21/h2-9,15,19H,10-11H2,1H3,(H,24,26)/t15-/m0/s1. The molecule has 1 aromatic heterocycles. The molecule has 1 N–H and O–H groups in total. The Morgan fingerprint density at radius 1 is 1.23 bits per heavy atom. The van der Waals surface area contributed by atoms with Gasteiger partial charge in [0.15, 0.2) is 16.0 Å². The second-order valence-corrected chi connectivity index (χ2v) is 8.41. The highest BCUT2D eigenvalue weighted by atomic mass is 32.2. The normalized spacial score (nSPS) is 12.0. The van der Waals surface area contributed by atoms with Crippen molar-refractivity contribution >= 4 is 21.7 Å². The first kappa shape index (κ1) is 23.7. The Labute approximate surface area is 177 Å². The van der Waals surface area contributed by atoms with Crippen LogP contribution in [0.15, 0.2) is 48.8 Å². The molecule has 0 saturated carbocycles. The lowest BCUT2D eigenvalue weighted by molar-refractivity contribution is -0.128. The fourth-order valence-corrected chi connectivity index (χ4v) is 4.15. The van der Waals surface area contributed by atoms with E-state index in [1.165, 1.54) is 48.8 Å². The summed E-state index contributed by atoms with van der Waals surface area (Å²) in [5.41, 5.74) is 0.0867. The van der Waals surface area contributed by atoms with Gasteiger partial charge in [0.1, 0.15) is 11.8 Å². The molecule has 12 heteroatoms. The van der Waals surface area contributed by atoms with Crippen molar-refractivity contribution in [3.8, 4) is 11.9 Å². The van der Waals surface area contributed by atoms with E-state index < -0.39 is 45.8 Å². The van der Waals surface area contributed by atoms with Crippen LogP contribution in [0.3, 0.4) is 0 Å². The van der Waals surface area contributed by atoms with E-state index in [0.717, 1.165) is 7.05 Å². The van der Waals surface area contributed by atoms with Crippen molar-refractivity contribution in [2.45, 2.75) is 18.4 Å². The van der Waals surface area contributed by atoms with Crippen LogP contribution >= 0.6 is 0 Å². The number of carbonyl (C=O) groups is 2. The predicted octanol–water partition coefficient (Wildman–Crippen LogP) is 1.34. The number of ether oxygens (including phenoxy) is 1. The summed E-state index contributed by atoms with van der Waals surface area (Å²) in [7, 11) is -3.00. The van der Waals surface area contributed by atoms with Crippen LogP contribution in [-0.4, -0.2) is 55.6 Å². The minimum atomic E-state index is -4.12. The maximum absolute atomic E-state index is 12.7. The molecular formula is C19H18F2N4O5S. The molecule has 1 aromatic carbocycles. The van der Waals surface area contributed by atoms with Gasteiger partial charge in [-0.2, -0.15) is 14.0 Å². The van der Waals surface area contributed by atoms with E-state index in [2.05, 4.69) is 15.0 Å². The third kappa shape index (κ3) is 7.00. The van der Waals surface area contributed by atoms with Gasteiger partial charge < -0.3 is 10.1 Å². The molecule has 1 atom stereocenters. The summed E-state index contributed by atoms with van der Waals surface area (Å²) in [6.07, 6.45) is 4.22. The van der Waals surface area contributed by atoms with Crippen molar-refractivity contribution in [1.82, 2.24) is 15.2 Å². The Morgan fingerprint density at radius 3 is 2.48 bits per heavy atom. The van der Waals surface area contributed by atoms with Crippen molar-refractivity contribution in [3.05, 3.63) is 59.9 Å². The van der Waals surface area contributed by atoms with Crippen LogP contribution in [0.1, 0.15) is 15.9 Å². The monoisotopic (exact) mass is 452 g/mol. The highest BCUT2D eigenvalue weighted by molar-refractivity contribution is 7.90. The summed E-state index contributed by atoms with van der Waals surface area (Å²) < 4.78 is 54.9. The Morgan fingerprint density at radius 2 is 1.87 bits per heavy atom. The van der Waals surface area contributed by atoms with Gasteiger partial charge in [0, 0.05) is 30.6 Å². The molecule has 1 heterocycles. The molecule has 0 saturated heterocycles. The lowest BCUT2D eigenvalue weighted by Crippen LogP contribution is -2.50.